The number of ether oxygens (including phenoxy) is 1. The molecule has 0 amide bonds. The Morgan fingerprint density at radius 1 is 1.00 bits per heavy atom. The maximum Gasteiger partial charge on any atom is 0.208 e. The van der Waals surface area contributed by atoms with E-state index >= 15 is 0 Å². The Balaban J connectivity index is 1.41. The maximum atomic E-state index is 12.9. The van der Waals surface area contributed by atoms with Gasteiger partial charge in [-0.2, -0.15) is 0 Å². The van der Waals surface area contributed by atoms with Gasteiger partial charge in [-0.1, -0.05) is 30.3 Å². The molecule has 3 aliphatic heterocycles. The van der Waals surface area contributed by atoms with Gasteiger partial charge in [0, 0.05) is 17.6 Å². The van der Waals surface area contributed by atoms with Crippen LogP contribution in [0.2, 0.25) is 0 Å². The number of piperidine rings is 3. The van der Waals surface area contributed by atoms with E-state index in [4.69, 9.17) is 4.74 Å². The molecule has 6 heteroatoms. The molecule has 3 aliphatic rings. The van der Waals surface area contributed by atoms with E-state index in [1.165, 1.54) is 38.5 Å². The predicted octanol–water partition coefficient (Wildman–Crippen LogP) is 3.93. The number of hydrogen-bond donors (Lipinski definition) is 0. The van der Waals surface area contributed by atoms with Gasteiger partial charge in [0.25, 0.3) is 0 Å². The van der Waals surface area contributed by atoms with Crippen LogP contribution >= 0.6 is 0 Å². The molecule has 4 heterocycles. The smallest absolute Gasteiger partial charge is 0.208 e. The van der Waals surface area contributed by atoms with E-state index in [0.717, 1.165) is 11.3 Å². The fourth-order valence-electron chi connectivity index (χ4n) is 4.56. The molecule has 0 saturated carbocycles. The molecular formula is C23H24N2O3S. The summed E-state index contributed by atoms with van der Waals surface area (Å²) in [7, 11) is -3.59. The summed E-state index contributed by atoms with van der Waals surface area (Å²) >= 11 is 0. The summed E-state index contributed by atoms with van der Waals surface area (Å²) < 4.78 is 32.0. The van der Waals surface area contributed by atoms with E-state index in [2.05, 4.69) is 9.88 Å². The fraction of sp³-hybridized carbons (Fsp3) is 0.348. The van der Waals surface area contributed by atoms with Crippen molar-refractivity contribution in [2.75, 3.05) is 19.7 Å². The van der Waals surface area contributed by atoms with Gasteiger partial charge < -0.3 is 4.74 Å². The van der Waals surface area contributed by atoms with Gasteiger partial charge in [0.15, 0.2) is 0 Å². The number of benzene rings is 2. The molecule has 3 aromatic rings. The molecule has 5 nitrogen and oxygen atoms in total. The zero-order chi connectivity index (χ0) is 19.8. The molecule has 0 aliphatic carbocycles. The second kappa shape index (κ2) is 7.43. The number of nitrogens with zero attached hydrogens (tertiary/aromatic N) is 2. The quantitative estimate of drug-likeness (QED) is 0.640. The average molecular weight is 409 g/mol. The normalized spacial score (nSPS) is 23.9. The van der Waals surface area contributed by atoms with E-state index in [9.17, 15) is 8.42 Å². The maximum absolute atomic E-state index is 12.9. The number of hydrogen-bond acceptors (Lipinski definition) is 5. The third-order valence-corrected chi connectivity index (χ3v) is 7.95. The van der Waals surface area contributed by atoms with E-state index < -0.39 is 9.84 Å². The van der Waals surface area contributed by atoms with Crippen LogP contribution in [0.25, 0.3) is 10.9 Å². The van der Waals surface area contributed by atoms with Crippen LogP contribution in [0, 0.1) is 5.92 Å². The van der Waals surface area contributed by atoms with Gasteiger partial charge >= 0.3 is 0 Å². The summed E-state index contributed by atoms with van der Waals surface area (Å²) in [6.45, 7) is 3.00. The van der Waals surface area contributed by atoms with Crippen LogP contribution < -0.4 is 4.74 Å². The minimum atomic E-state index is -3.59. The van der Waals surface area contributed by atoms with E-state index in [1.54, 1.807) is 36.4 Å². The first-order chi connectivity index (χ1) is 14.1. The standard InChI is InChI=1S/C23H24N2O3S/c26-29(27,20-6-2-1-3-7-20)21-14-18-5-4-8-22(23(18)24-15-21)28-16-19-13-17-9-11-25(19)12-10-17/h1-8,14-15,17,19H,9-13,16H2. The van der Waals surface area contributed by atoms with Crippen LogP contribution in [0.4, 0.5) is 0 Å². The van der Waals surface area contributed by atoms with Crippen molar-refractivity contribution >= 4 is 20.7 Å². The van der Waals surface area contributed by atoms with Crippen LogP contribution in [0.1, 0.15) is 19.3 Å². The minimum absolute atomic E-state index is 0.198. The van der Waals surface area contributed by atoms with Crippen LogP contribution in [0.3, 0.4) is 0 Å². The Morgan fingerprint density at radius 3 is 2.52 bits per heavy atom. The molecular weight excluding hydrogens is 384 g/mol. The Bertz CT molecular complexity index is 1120. The van der Waals surface area contributed by atoms with Crippen molar-refractivity contribution in [1.29, 1.82) is 0 Å². The second-order valence-corrected chi connectivity index (χ2v) is 9.94. The minimum Gasteiger partial charge on any atom is -0.490 e. The molecule has 29 heavy (non-hydrogen) atoms. The number of sulfone groups is 1. The van der Waals surface area contributed by atoms with Crippen LogP contribution in [0.5, 0.6) is 5.75 Å². The average Bonchev–Trinajstić information content (AvgIpc) is 2.78. The third kappa shape index (κ3) is 3.51. The Morgan fingerprint density at radius 2 is 1.79 bits per heavy atom. The van der Waals surface area contributed by atoms with Gasteiger partial charge in [-0.3, -0.25) is 9.88 Å². The molecule has 150 valence electrons. The first-order valence-corrected chi connectivity index (χ1v) is 11.7. The summed E-state index contributed by atoms with van der Waals surface area (Å²) in [6.07, 6.45) is 5.26. The molecule has 3 saturated heterocycles. The highest BCUT2D eigenvalue weighted by atomic mass is 32.2. The van der Waals surface area contributed by atoms with Crippen molar-refractivity contribution in [3.63, 3.8) is 0 Å². The highest BCUT2D eigenvalue weighted by Gasteiger charge is 2.33. The topological polar surface area (TPSA) is 59.5 Å². The van der Waals surface area contributed by atoms with Crippen LogP contribution in [-0.4, -0.2) is 44.0 Å². The van der Waals surface area contributed by atoms with Gasteiger partial charge in [-0.25, -0.2) is 8.42 Å². The largest absolute Gasteiger partial charge is 0.490 e. The fourth-order valence-corrected chi connectivity index (χ4v) is 5.82. The summed E-state index contributed by atoms with van der Waals surface area (Å²) in [6, 6.07) is 16.3. The lowest BCUT2D eigenvalue weighted by Crippen LogP contribution is -2.51. The van der Waals surface area contributed by atoms with Gasteiger partial charge in [0.1, 0.15) is 17.9 Å². The molecule has 6 rings (SSSR count). The lowest BCUT2D eigenvalue weighted by molar-refractivity contribution is 0.0241. The number of rotatable bonds is 5. The van der Waals surface area contributed by atoms with Crippen molar-refractivity contribution in [2.45, 2.75) is 35.1 Å². The zero-order valence-electron chi connectivity index (χ0n) is 16.2. The number of para-hydroxylation sites is 1. The monoisotopic (exact) mass is 408 g/mol. The van der Waals surface area contributed by atoms with Crippen molar-refractivity contribution < 1.29 is 13.2 Å². The van der Waals surface area contributed by atoms with Crippen LogP contribution in [-0.2, 0) is 9.84 Å². The highest BCUT2D eigenvalue weighted by Crippen LogP contribution is 2.33. The summed E-state index contributed by atoms with van der Waals surface area (Å²) in [5, 5.41) is 0.768. The van der Waals surface area contributed by atoms with E-state index in [-0.39, 0.29) is 9.79 Å². The van der Waals surface area contributed by atoms with Gasteiger partial charge in [-0.15, -0.1) is 0 Å². The predicted molar refractivity (Wildman–Crippen MR) is 112 cm³/mol. The summed E-state index contributed by atoms with van der Waals surface area (Å²) in [5.41, 5.74) is 0.704. The Kier molecular flexibility index (Phi) is 4.76. The van der Waals surface area contributed by atoms with Crippen molar-refractivity contribution in [3.8, 4) is 5.75 Å². The van der Waals surface area contributed by atoms with Gasteiger partial charge in [0.2, 0.25) is 9.84 Å². The Labute approximate surface area is 171 Å². The molecule has 3 fully saturated rings. The van der Waals surface area contributed by atoms with Crippen molar-refractivity contribution in [3.05, 3.63) is 60.8 Å². The molecule has 0 N–H and O–H groups in total. The molecule has 0 spiro atoms. The third-order valence-electron chi connectivity index (χ3n) is 6.21. The Hall–Kier alpha value is -2.44. The highest BCUT2D eigenvalue weighted by molar-refractivity contribution is 7.91. The van der Waals surface area contributed by atoms with Gasteiger partial charge in [-0.05, 0) is 62.5 Å². The molecule has 2 bridgehead atoms. The first-order valence-electron chi connectivity index (χ1n) is 10.2. The number of fused-ring (bicyclic) bond motifs is 4. The summed E-state index contributed by atoms with van der Waals surface area (Å²) in [4.78, 5) is 7.47. The molecule has 0 radical (unpaired) electrons. The SMILES string of the molecule is O=S(=O)(c1ccccc1)c1cnc2c(OCC3CC4CCN3CC4)cccc2c1. The number of aromatic nitrogens is 1. The number of pyridine rings is 1. The van der Waals surface area contributed by atoms with Gasteiger partial charge in [0.05, 0.1) is 9.79 Å². The molecule has 2 aromatic carbocycles. The molecule has 1 atom stereocenters. The van der Waals surface area contributed by atoms with Crippen molar-refractivity contribution in [1.82, 2.24) is 9.88 Å². The second-order valence-electron chi connectivity index (χ2n) is 8.00. The molecule has 1 aromatic heterocycles. The van der Waals surface area contributed by atoms with Crippen LogP contribution in [0.15, 0.2) is 70.6 Å². The van der Waals surface area contributed by atoms with E-state index in [0.29, 0.717) is 23.9 Å². The summed E-state index contributed by atoms with van der Waals surface area (Å²) in [5.74, 6) is 1.55. The first kappa shape index (κ1) is 18.6. The lowest BCUT2D eigenvalue weighted by Gasteiger charge is -2.45. The molecule has 1 unspecified atom stereocenters. The lowest BCUT2D eigenvalue weighted by atomic mass is 9.83. The van der Waals surface area contributed by atoms with E-state index in [1.807, 2.05) is 18.2 Å². The zero-order valence-corrected chi connectivity index (χ0v) is 17.0. The van der Waals surface area contributed by atoms with Crippen molar-refractivity contribution in [2.24, 2.45) is 5.92 Å².